The maximum absolute atomic E-state index is 6.02. The highest BCUT2D eigenvalue weighted by Crippen LogP contribution is 2.30. The normalized spacial score (nSPS) is 11.7. The van der Waals surface area contributed by atoms with Gasteiger partial charge in [0.05, 0.1) is 7.11 Å². The molecule has 0 atom stereocenters. The summed E-state index contributed by atoms with van der Waals surface area (Å²) in [6, 6.07) is 14.5. The maximum Gasteiger partial charge on any atom is 0.161 e. The van der Waals surface area contributed by atoms with Crippen LogP contribution >= 0.6 is 12.4 Å². The molecule has 0 aliphatic rings. The Morgan fingerprint density at radius 1 is 0.929 bits per heavy atom. The third-order valence-electron chi connectivity index (χ3n) is 4.62. The Morgan fingerprint density at radius 2 is 1.61 bits per heavy atom. The lowest BCUT2D eigenvalue weighted by Crippen LogP contribution is -2.41. The first-order chi connectivity index (χ1) is 12.6. The Bertz CT molecular complexity index is 751. The van der Waals surface area contributed by atoms with E-state index in [1.807, 2.05) is 18.2 Å². The van der Waals surface area contributed by atoms with Crippen molar-refractivity contribution >= 4 is 12.4 Å². The molecule has 156 valence electrons. The highest BCUT2D eigenvalue weighted by atomic mass is 35.5. The first-order valence-corrected chi connectivity index (χ1v) is 9.69. The summed E-state index contributed by atoms with van der Waals surface area (Å²) in [5.74, 6) is 1.55. The molecule has 0 aliphatic heterocycles. The van der Waals surface area contributed by atoms with Crippen LogP contribution in [-0.2, 0) is 13.2 Å². The lowest BCUT2D eigenvalue weighted by molar-refractivity contribution is 0.240. The fraction of sp³-hybridized carbons (Fsp3) is 0.500. The maximum atomic E-state index is 6.02. The second kappa shape index (κ2) is 10.2. The Labute approximate surface area is 177 Å². The van der Waals surface area contributed by atoms with Gasteiger partial charge in [-0.25, -0.2) is 0 Å². The molecule has 0 saturated heterocycles. The van der Waals surface area contributed by atoms with Gasteiger partial charge in [0.25, 0.3) is 0 Å². The fourth-order valence-corrected chi connectivity index (χ4v) is 3.60. The minimum atomic E-state index is 0. The van der Waals surface area contributed by atoms with Crippen molar-refractivity contribution in [3.63, 3.8) is 0 Å². The molecular weight excluding hydrogens is 370 g/mol. The van der Waals surface area contributed by atoms with E-state index < -0.39 is 0 Å². The van der Waals surface area contributed by atoms with Gasteiger partial charge in [-0.05, 0) is 61.4 Å². The van der Waals surface area contributed by atoms with Crippen LogP contribution in [0, 0.1) is 12.3 Å². The van der Waals surface area contributed by atoms with E-state index >= 15 is 0 Å². The van der Waals surface area contributed by atoms with Crippen molar-refractivity contribution in [2.45, 2.75) is 66.7 Å². The number of rotatable bonds is 8. The molecule has 0 aromatic heterocycles. The van der Waals surface area contributed by atoms with Crippen LogP contribution in [0.15, 0.2) is 42.5 Å². The monoisotopic (exact) mass is 405 g/mol. The fourth-order valence-electron chi connectivity index (χ4n) is 3.60. The summed E-state index contributed by atoms with van der Waals surface area (Å²) in [6.07, 6.45) is 1.11. The zero-order valence-corrected chi connectivity index (χ0v) is 19.2. The van der Waals surface area contributed by atoms with Crippen LogP contribution in [0.2, 0.25) is 0 Å². The standard InChI is InChI=1S/C24H35NO2.ClH/c1-18-10-8-9-11-20(18)16-27-21-13-12-19(14-22(21)26-7)15-25-24(5,6)17-23(2,3)4;/h8-14,25H,15-17H2,1-7H3;1H. The lowest BCUT2D eigenvalue weighted by atomic mass is 9.82. The van der Waals surface area contributed by atoms with Gasteiger partial charge < -0.3 is 14.8 Å². The number of ether oxygens (including phenoxy) is 2. The van der Waals surface area contributed by atoms with E-state index in [9.17, 15) is 0 Å². The Hall–Kier alpha value is -1.71. The van der Waals surface area contributed by atoms with E-state index in [1.54, 1.807) is 7.11 Å². The molecule has 4 heteroatoms. The third-order valence-corrected chi connectivity index (χ3v) is 4.62. The molecule has 28 heavy (non-hydrogen) atoms. The molecule has 0 fully saturated rings. The van der Waals surface area contributed by atoms with E-state index in [0.29, 0.717) is 12.0 Å². The van der Waals surface area contributed by atoms with Crippen LogP contribution in [0.1, 0.15) is 57.7 Å². The average Bonchev–Trinajstić information content (AvgIpc) is 2.57. The summed E-state index contributed by atoms with van der Waals surface area (Å²) in [7, 11) is 1.69. The van der Waals surface area contributed by atoms with Crippen molar-refractivity contribution in [1.82, 2.24) is 5.32 Å². The minimum absolute atomic E-state index is 0. The summed E-state index contributed by atoms with van der Waals surface area (Å²) in [4.78, 5) is 0. The molecule has 2 aromatic carbocycles. The topological polar surface area (TPSA) is 30.5 Å². The second-order valence-electron chi connectivity index (χ2n) is 9.18. The number of hydrogen-bond acceptors (Lipinski definition) is 3. The zero-order chi connectivity index (χ0) is 20.1. The largest absolute Gasteiger partial charge is 0.493 e. The van der Waals surface area contributed by atoms with Gasteiger partial charge in [0, 0.05) is 12.1 Å². The Kier molecular flexibility index (Phi) is 8.84. The van der Waals surface area contributed by atoms with Crippen molar-refractivity contribution < 1.29 is 9.47 Å². The number of methoxy groups -OCH3 is 1. The molecule has 2 rings (SSSR count). The number of halogens is 1. The zero-order valence-electron chi connectivity index (χ0n) is 18.4. The minimum Gasteiger partial charge on any atom is -0.493 e. The molecule has 0 saturated carbocycles. The summed E-state index contributed by atoms with van der Waals surface area (Å²) in [6.45, 7) is 14.8. The van der Waals surface area contributed by atoms with E-state index in [0.717, 1.165) is 24.5 Å². The van der Waals surface area contributed by atoms with Crippen LogP contribution in [0.3, 0.4) is 0 Å². The summed E-state index contributed by atoms with van der Waals surface area (Å²) >= 11 is 0. The second-order valence-corrected chi connectivity index (χ2v) is 9.18. The summed E-state index contributed by atoms with van der Waals surface area (Å²) in [5, 5.41) is 3.67. The highest BCUT2D eigenvalue weighted by Gasteiger charge is 2.24. The van der Waals surface area contributed by atoms with Gasteiger partial charge in [-0.2, -0.15) is 0 Å². The molecule has 1 N–H and O–H groups in total. The first kappa shape index (κ1) is 24.3. The first-order valence-electron chi connectivity index (χ1n) is 9.69. The van der Waals surface area contributed by atoms with E-state index in [4.69, 9.17) is 9.47 Å². The van der Waals surface area contributed by atoms with Gasteiger partial charge in [-0.3, -0.25) is 0 Å². The SMILES string of the molecule is COc1cc(CNC(C)(C)CC(C)(C)C)ccc1OCc1ccccc1C.Cl. The van der Waals surface area contributed by atoms with Gasteiger partial charge in [-0.1, -0.05) is 51.1 Å². The lowest BCUT2D eigenvalue weighted by Gasteiger charge is -2.33. The Morgan fingerprint density at radius 3 is 2.21 bits per heavy atom. The van der Waals surface area contributed by atoms with Crippen molar-refractivity contribution in [2.24, 2.45) is 5.41 Å². The number of aryl methyl sites for hydroxylation is 1. The van der Waals surface area contributed by atoms with E-state index in [2.05, 4.69) is 71.1 Å². The van der Waals surface area contributed by atoms with Gasteiger partial charge in [-0.15, -0.1) is 12.4 Å². The molecular formula is C24H36ClNO2. The molecule has 3 nitrogen and oxygen atoms in total. The Balaban J connectivity index is 0.00000392. The van der Waals surface area contributed by atoms with E-state index in [-0.39, 0.29) is 17.9 Å². The molecule has 0 radical (unpaired) electrons. The van der Waals surface area contributed by atoms with Crippen LogP contribution in [-0.4, -0.2) is 12.6 Å². The van der Waals surface area contributed by atoms with Crippen LogP contribution in [0.5, 0.6) is 11.5 Å². The predicted octanol–water partition coefficient (Wildman–Crippen LogP) is 6.31. The number of benzene rings is 2. The molecule has 0 bridgehead atoms. The quantitative estimate of drug-likeness (QED) is 0.558. The van der Waals surface area contributed by atoms with Crippen molar-refractivity contribution in [3.05, 3.63) is 59.2 Å². The van der Waals surface area contributed by atoms with Crippen LogP contribution < -0.4 is 14.8 Å². The highest BCUT2D eigenvalue weighted by molar-refractivity contribution is 5.85. The third kappa shape index (κ3) is 7.73. The molecule has 0 spiro atoms. The molecule has 0 heterocycles. The van der Waals surface area contributed by atoms with Crippen LogP contribution in [0.4, 0.5) is 0 Å². The van der Waals surface area contributed by atoms with Gasteiger partial charge >= 0.3 is 0 Å². The van der Waals surface area contributed by atoms with Crippen LogP contribution in [0.25, 0.3) is 0 Å². The molecule has 2 aromatic rings. The average molecular weight is 406 g/mol. The molecule has 0 unspecified atom stereocenters. The van der Waals surface area contributed by atoms with E-state index in [1.165, 1.54) is 16.7 Å². The van der Waals surface area contributed by atoms with Crippen molar-refractivity contribution in [1.29, 1.82) is 0 Å². The van der Waals surface area contributed by atoms with Gasteiger partial charge in [0.1, 0.15) is 6.61 Å². The molecule has 0 aliphatic carbocycles. The van der Waals surface area contributed by atoms with Crippen molar-refractivity contribution in [3.8, 4) is 11.5 Å². The summed E-state index contributed by atoms with van der Waals surface area (Å²) < 4.78 is 11.6. The smallest absolute Gasteiger partial charge is 0.161 e. The number of hydrogen-bond donors (Lipinski definition) is 1. The number of nitrogens with one attached hydrogen (secondary N) is 1. The molecule has 0 amide bonds. The predicted molar refractivity (Wildman–Crippen MR) is 121 cm³/mol. The summed E-state index contributed by atoms with van der Waals surface area (Å²) in [5.41, 5.74) is 3.98. The van der Waals surface area contributed by atoms with Crippen molar-refractivity contribution in [2.75, 3.05) is 7.11 Å². The van der Waals surface area contributed by atoms with Gasteiger partial charge in [0.15, 0.2) is 11.5 Å². The van der Waals surface area contributed by atoms with Gasteiger partial charge in [0.2, 0.25) is 0 Å².